The lowest BCUT2D eigenvalue weighted by Crippen LogP contribution is -2.29. The van der Waals surface area contributed by atoms with Crippen LogP contribution >= 0.6 is 0 Å². The topological polar surface area (TPSA) is 27.3 Å². The van der Waals surface area contributed by atoms with Crippen LogP contribution in [0.3, 0.4) is 0 Å². The van der Waals surface area contributed by atoms with E-state index in [0.717, 1.165) is 17.6 Å². The number of benzene rings is 1. The Morgan fingerprint density at radius 1 is 0.905 bits per heavy atom. The largest absolute Gasteiger partial charge is 0.388 e. The normalized spacial score (nSPS) is 20.7. The molecular weight excluding hydrogens is 258 g/mol. The maximum absolute atomic E-state index is 3.32. The second kappa shape index (κ2) is 12.7. The predicted octanol–water partition coefficient (Wildman–Crippen LogP) is 3.69. The highest BCUT2D eigenvalue weighted by Crippen LogP contribution is 2.22. The highest BCUT2D eigenvalue weighted by molar-refractivity contribution is 5.41. The molecule has 3 nitrogen and oxygen atoms in total. The van der Waals surface area contributed by atoms with E-state index < -0.39 is 0 Å². The summed E-state index contributed by atoms with van der Waals surface area (Å²) < 4.78 is 0. The third-order valence-electron chi connectivity index (χ3n) is 3.49. The molecule has 1 fully saturated rings. The van der Waals surface area contributed by atoms with Gasteiger partial charge in [0.05, 0.1) is 0 Å². The number of hydrogen-bond donors (Lipinski definition) is 2. The fourth-order valence-corrected chi connectivity index (χ4v) is 2.15. The fourth-order valence-electron chi connectivity index (χ4n) is 2.15. The first-order valence-corrected chi connectivity index (χ1v) is 8.00. The maximum atomic E-state index is 3.32. The summed E-state index contributed by atoms with van der Waals surface area (Å²) >= 11 is 0. The van der Waals surface area contributed by atoms with Crippen molar-refractivity contribution in [2.75, 3.05) is 40.6 Å². The fraction of sp³-hybridized carbons (Fsp3) is 0.667. The number of hydrogen-bond acceptors (Lipinski definition) is 3. The van der Waals surface area contributed by atoms with E-state index in [0.29, 0.717) is 0 Å². The van der Waals surface area contributed by atoms with E-state index in [-0.39, 0.29) is 0 Å². The van der Waals surface area contributed by atoms with Gasteiger partial charge in [0.15, 0.2) is 0 Å². The van der Waals surface area contributed by atoms with E-state index in [2.05, 4.69) is 24.6 Å². The van der Waals surface area contributed by atoms with Crippen LogP contribution in [0.1, 0.15) is 32.6 Å². The molecule has 1 aliphatic rings. The smallest absolute Gasteiger partial charge is 0.0337 e. The average Bonchev–Trinajstić information content (AvgIpc) is 2.49. The molecule has 1 saturated carbocycles. The first kappa shape index (κ1) is 19.9. The average molecular weight is 293 g/mol. The Morgan fingerprint density at radius 2 is 1.38 bits per heavy atom. The van der Waals surface area contributed by atoms with E-state index >= 15 is 0 Å². The first-order valence-electron chi connectivity index (χ1n) is 8.00. The summed E-state index contributed by atoms with van der Waals surface area (Å²) in [6.07, 6.45) is 5.62. The van der Waals surface area contributed by atoms with Crippen molar-refractivity contribution in [1.29, 1.82) is 0 Å². The van der Waals surface area contributed by atoms with Gasteiger partial charge in [-0.3, -0.25) is 0 Å². The van der Waals surface area contributed by atoms with Crippen molar-refractivity contribution in [3.05, 3.63) is 30.3 Å². The Kier molecular flexibility index (Phi) is 12.0. The van der Waals surface area contributed by atoms with Gasteiger partial charge in [0, 0.05) is 18.8 Å². The second-order valence-electron chi connectivity index (χ2n) is 6.20. The van der Waals surface area contributed by atoms with Crippen LogP contribution in [0.2, 0.25) is 0 Å². The van der Waals surface area contributed by atoms with E-state index in [9.17, 15) is 0 Å². The van der Waals surface area contributed by atoms with Crippen molar-refractivity contribution in [3.63, 3.8) is 0 Å². The van der Waals surface area contributed by atoms with Crippen LogP contribution in [-0.4, -0.2) is 46.2 Å². The molecule has 0 atom stereocenters. The lowest BCUT2D eigenvalue weighted by molar-refractivity contribution is 0.319. The zero-order valence-electron chi connectivity index (χ0n) is 14.8. The summed E-state index contributed by atoms with van der Waals surface area (Å²) in [4.78, 5) is 2.00. The third kappa shape index (κ3) is 12.4. The van der Waals surface area contributed by atoms with E-state index in [1.165, 1.54) is 25.7 Å². The van der Waals surface area contributed by atoms with E-state index in [1.54, 1.807) is 0 Å². The first-order chi connectivity index (χ1) is 9.99. The van der Waals surface area contributed by atoms with Crippen molar-refractivity contribution in [2.24, 2.45) is 5.92 Å². The SMILES string of the molecule is CN(C)C.CNC1CCC(C)CC1.CNc1ccccc1. The van der Waals surface area contributed by atoms with Crippen molar-refractivity contribution in [3.8, 4) is 0 Å². The van der Waals surface area contributed by atoms with Crippen LogP contribution < -0.4 is 10.6 Å². The zero-order chi connectivity index (χ0) is 16.1. The van der Waals surface area contributed by atoms with Gasteiger partial charge < -0.3 is 15.5 Å². The van der Waals surface area contributed by atoms with Gasteiger partial charge in [-0.25, -0.2) is 0 Å². The highest BCUT2D eigenvalue weighted by Gasteiger charge is 2.15. The Hall–Kier alpha value is -1.06. The van der Waals surface area contributed by atoms with Gasteiger partial charge in [-0.15, -0.1) is 0 Å². The van der Waals surface area contributed by atoms with Crippen LogP contribution in [0.25, 0.3) is 0 Å². The number of nitrogens with zero attached hydrogens (tertiary/aromatic N) is 1. The summed E-state index contributed by atoms with van der Waals surface area (Å²) in [7, 11) is 9.98. The number of para-hydroxylation sites is 1. The molecule has 0 unspecified atom stereocenters. The molecule has 0 radical (unpaired) electrons. The van der Waals surface area contributed by atoms with Crippen molar-refractivity contribution in [2.45, 2.75) is 38.6 Å². The van der Waals surface area contributed by atoms with Crippen LogP contribution in [0.4, 0.5) is 5.69 Å². The van der Waals surface area contributed by atoms with Gasteiger partial charge in [-0.05, 0) is 71.9 Å². The predicted molar refractivity (Wildman–Crippen MR) is 96.1 cm³/mol. The minimum atomic E-state index is 0.821. The molecule has 0 saturated heterocycles. The summed E-state index contributed by atoms with van der Waals surface area (Å²) in [5.74, 6) is 0.981. The van der Waals surface area contributed by atoms with Gasteiger partial charge >= 0.3 is 0 Å². The molecule has 3 heteroatoms. The molecule has 0 aliphatic heterocycles. The Labute approximate surface area is 132 Å². The molecule has 2 rings (SSSR count). The molecule has 122 valence electrons. The lowest BCUT2D eigenvalue weighted by Gasteiger charge is -2.25. The molecular formula is C18H35N3. The van der Waals surface area contributed by atoms with Crippen LogP contribution in [0.5, 0.6) is 0 Å². The minimum absolute atomic E-state index is 0.821. The standard InChI is InChI=1S/C8H17N.C7H9N.C3H9N/c1-7-3-5-8(9-2)6-4-7;1-8-7-5-3-2-4-6-7;1-4(2)3/h7-9H,3-6H2,1-2H3;2-6,8H,1H3;1-3H3. The molecule has 0 amide bonds. The van der Waals surface area contributed by atoms with Gasteiger partial charge in [0.1, 0.15) is 0 Å². The lowest BCUT2D eigenvalue weighted by atomic mass is 9.87. The van der Waals surface area contributed by atoms with Crippen LogP contribution in [0, 0.1) is 5.92 Å². The Bertz CT molecular complexity index is 314. The van der Waals surface area contributed by atoms with Gasteiger partial charge in [0.2, 0.25) is 0 Å². The summed E-state index contributed by atoms with van der Waals surface area (Å²) in [5, 5.41) is 6.35. The van der Waals surface area contributed by atoms with Crippen molar-refractivity contribution in [1.82, 2.24) is 10.2 Å². The molecule has 0 aromatic heterocycles. The van der Waals surface area contributed by atoms with Crippen LogP contribution in [0.15, 0.2) is 30.3 Å². The number of rotatable bonds is 2. The molecule has 2 N–H and O–H groups in total. The van der Waals surface area contributed by atoms with E-state index in [1.807, 2.05) is 63.4 Å². The Morgan fingerprint density at radius 3 is 1.71 bits per heavy atom. The quantitative estimate of drug-likeness (QED) is 0.871. The van der Waals surface area contributed by atoms with Gasteiger partial charge in [0.25, 0.3) is 0 Å². The maximum Gasteiger partial charge on any atom is 0.0337 e. The second-order valence-corrected chi connectivity index (χ2v) is 6.20. The number of nitrogens with one attached hydrogen (secondary N) is 2. The van der Waals surface area contributed by atoms with Crippen molar-refractivity contribution < 1.29 is 0 Å². The highest BCUT2D eigenvalue weighted by atomic mass is 15.0. The summed E-state index contributed by atoms with van der Waals surface area (Å²) in [6, 6.07) is 10.9. The van der Waals surface area contributed by atoms with Gasteiger partial charge in [-0.1, -0.05) is 25.1 Å². The summed E-state index contributed by atoms with van der Waals surface area (Å²) in [6.45, 7) is 2.35. The molecule has 0 spiro atoms. The van der Waals surface area contributed by atoms with Gasteiger partial charge in [-0.2, -0.15) is 0 Å². The molecule has 1 aliphatic carbocycles. The molecule has 21 heavy (non-hydrogen) atoms. The minimum Gasteiger partial charge on any atom is -0.388 e. The molecule has 0 heterocycles. The number of anilines is 1. The Balaban J connectivity index is 0.000000308. The van der Waals surface area contributed by atoms with Crippen molar-refractivity contribution >= 4 is 5.69 Å². The van der Waals surface area contributed by atoms with Crippen LogP contribution in [-0.2, 0) is 0 Å². The molecule has 0 bridgehead atoms. The zero-order valence-corrected chi connectivity index (χ0v) is 14.8. The molecule has 1 aromatic carbocycles. The third-order valence-corrected chi connectivity index (χ3v) is 3.49. The molecule has 1 aromatic rings. The van der Waals surface area contributed by atoms with E-state index in [4.69, 9.17) is 0 Å². The summed E-state index contributed by atoms with van der Waals surface area (Å²) in [5.41, 5.74) is 1.16. The monoisotopic (exact) mass is 293 g/mol.